The molecule has 3 N–H and O–H groups in total. The molecule has 0 aromatic heterocycles. The molecule has 9 heteroatoms. The summed E-state index contributed by atoms with van der Waals surface area (Å²) in [7, 11) is 1.43. The Morgan fingerprint density at radius 3 is 2.85 bits per heavy atom. The predicted octanol–water partition coefficient (Wildman–Crippen LogP) is 1.38. The average molecular weight is 304 g/mol. The number of rotatable bonds is 6. The number of halogens is 1. The minimum absolute atomic E-state index is 0.00424. The number of nitro benzene ring substituents is 1. The van der Waals surface area contributed by atoms with Gasteiger partial charge in [-0.05, 0) is 6.07 Å². The maximum atomic E-state index is 11.5. The molecule has 0 fully saturated rings. The van der Waals surface area contributed by atoms with Gasteiger partial charge in [-0.25, -0.2) is 4.79 Å². The van der Waals surface area contributed by atoms with Crippen LogP contribution in [0.5, 0.6) is 0 Å². The summed E-state index contributed by atoms with van der Waals surface area (Å²) in [6.07, 6.45) is -0.821. The predicted molar refractivity (Wildman–Crippen MR) is 73.0 cm³/mol. The smallest absolute Gasteiger partial charge is 0.319 e. The Balaban J connectivity index is 2.56. The summed E-state index contributed by atoms with van der Waals surface area (Å²) < 4.78 is 4.70. The number of hydrogen-bond donors (Lipinski definition) is 3. The molecule has 1 rings (SSSR count). The number of benzene rings is 1. The maximum Gasteiger partial charge on any atom is 0.319 e. The summed E-state index contributed by atoms with van der Waals surface area (Å²) in [4.78, 5) is 21.5. The van der Waals surface area contributed by atoms with E-state index < -0.39 is 17.1 Å². The van der Waals surface area contributed by atoms with Gasteiger partial charge in [0.05, 0.1) is 28.3 Å². The van der Waals surface area contributed by atoms with Crippen LogP contribution in [-0.4, -0.2) is 42.4 Å². The quantitative estimate of drug-likeness (QED) is 0.542. The molecule has 8 nitrogen and oxygen atoms in total. The lowest BCUT2D eigenvalue weighted by Crippen LogP contribution is -2.37. The Labute approximate surface area is 119 Å². The van der Waals surface area contributed by atoms with E-state index in [2.05, 4.69) is 10.6 Å². The molecule has 0 aliphatic rings. The Hall–Kier alpha value is -1.90. The first kappa shape index (κ1) is 16.2. The summed E-state index contributed by atoms with van der Waals surface area (Å²) in [5.41, 5.74) is 0.0625. The third-order valence-electron chi connectivity index (χ3n) is 2.27. The van der Waals surface area contributed by atoms with Gasteiger partial charge in [-0.3, -0.25) is 10.1 Å². The summed E-state index contributed by atoms with van der Waals surface area (Å²) in [6, 6.07) is 3.10. The molecule has 0 radical (unpaired) electrons. The lowest BCUT2D eigenvalue weighted by Gasteiger charge is -2.12. The molecule has 2 amide bonds. The van der Waals surface area contributed by atoms with E-state index in [1.807, 2.05) is 0 Å². The molecule has 0 saturated carbocycles. The van der Waals surface area contributed by atoms with Gasteiger partial charge in [-0.1, -0.05) is 11.6 Å². The molecule has 20 heavy (non-hydrogen) atoms. The fraction of sp³-hybridized carbons (Fsp3) is 0.364. The van der Waals surface area contributed by atoms with Crippen molar-refractivity contribution in [1.82, 2.24) is 5.32 Å². The van der Waals surface area contributed by atoms with Crippen LogP contribution >= 0.6 is 11.6 Å². The molecule has 0 aliphatic carbocycles. The second-order valence-electron chi connectivity index (χ2n) is 3.87. The number of hydrogen-bond acceptors (Lipinski definition) is 5. The molecule has 1 aromatic rings. The van der Waals surface area contributed by atoms with E-state index in [-0.39, 0.29) is 29.5 Å². The fourth-order valence-electron chi connectivity index (χ4n) is 1.35. The highest BCUT2D eigenvalue weighted by Gasteiger charge is 2.12. The molecule has 0 aliphatic heterocycles. The van der Waals surface area contributed by atoms with E-state index in [0.29, 0.717) is 0 Å². The number of nitrogens with zero attached hydrogens (tertiary/aromatic N) is 1. The zero-order valence-corrected chi connectivity index (χ0v) is 11.4. The Morgan fingerprint density at radius 2 is 2.30 bits per heavy atom. The molecule has 0 spiro atoms. The van der Waals surface area contributed by atoms with Crippen molar-refractivity contribution in [2.24, 2.45) is 0 Å². The zero-order valence-electron chi connectivity index (χ0n) is 10.6. The second kappa shape index (κ2) is 7.63. The third-order valence-corrected chi connectivity index (χ3v) is 2.58. The van der Waals surface area contributed by atoms with E-state index in [0.717, 1.165) is 6.07 Å². The van der Waals surface area contributed by atoms with Crippen LogP contribution in [0.25, 0.3) is 0 Å². The van der Waals surface area contributed by atoms with Crippen molar-refractivity contribution in [1.29, 1.82) is 0 Å². The highest BCUT2D eigenvalue weighted by Crippen LogP contribution is 2.26. The van der Waals surface area contributed by atoms with Crippen LogP contribution in [0.15, 0.2) is 18.2 Å². The van der Waals surface area contributed by atoms with Crippen LogP contribution in [-0.2, 0) is 4.74 Å². The topological polar surface area (TPSA) is 114 Å². The van der Waals surface area contributed by atoms with Gasteiger partial charge in [0.2, 0.25) is 0 Å². The van der Waals surface area contributed by atoms with Crippen molar-refractivity contribution < 1.29 is 19.6 Å². The average Bonchev–Trinajstić information content (AvgIpc) is 2.39. The van der Waals surface area contributed by atoms with E-state index >= 15 is 0 Å². The monoisotopic (exact) mass is 303 g/mol. The van der Waals surface area contributed by atoms with E-state index in [4.69, 9.17) is 16.3 Å². The standard InChI is InChI=1S/C11H14ClN3O5/c1-20-6-8(16)5-13-11(17)14-10-3-2-7(15(18)19)4-9(10)12/h2-4,8,16H,5-6H2,1H3,(H2,13,14,17). The number of nitrogens with one attached hydrogen (secondary N) is 2. The van der Waals surface area contributed by atoms with Crippen LogP contribution in [0.3, 0.4) is 0 Å². The Morgan fingerprint density at radius 1 is 1.60 bits per heavy atom. The Kier molecular flexibility index (Phi) is 6.16. The molecule has 0 bridgehead atoms. The fourth-order valence-corrected chi connectivity index (χ4v) is 1.57. The first-order valence-corrected chi connectivity index (χ1v) is 5.97. The minimum Gasteiger partial charge on any atom is -0.389 e. The molecule has 0 saturated heterocycles. The number of aliphatic hydroxyl groups excluding tert-OH is 1. The first-order valence-electron chi connectivity index (χ1n) is 5.60. The van der Waals surface area contributed by atoms with Crippen molar-refractivity contribution in [2.75, 3.05) is 25.6 Å². The molecular weight excluding hydrogens is 290 g/mol. The highest BCUT2D eigenvalue weighted by molar-refractivity contribution is 6.33. The number of ether oxygens (including phenoxy) is 1. The van der Waals surface area contributed by atoms with Crippen LogP contribution in [0.2, 0.25) is 5.02 Å². The molecule has 0 heterocycles. The van der Waals surface area contributed by atoms with Gasteiger partial charge in [0, 0.05) is 25.8 Å². The number of carbonyl (C=O) groups is 1. The lowest BCUT2D eigenvalue weighted by molar-refractivity contribution is -0.384. The zero-order chi connectivity index (χ0) is 15.1. The minimum atomic E-state index is -0.821. The van der Waals surface area contributed by atoms with Gasteiger partial charge in [-0.15, -0.1) is 0 Å². The van der Waals surface area contributed by atoms with E-state index in [1.165, 1.54) is 19.2 Å². The van der Waals surface area contributed by atoms with Gasteiger partial charge in [-0.2, -0.15) is 0 Å². The first-order chi connectivity index (χ1) is 9.43. The largest absolute Gasteiger partial charge is 0.389 e. The Bertz CT molecular complexity index is 497. The van der Waals surface area contributed by atoms with Crippen LogP contribution in [0.1, 0.15) is 0 Å². The summed E-state index contributed by atoms with van der Waals surface area (Å²) in [5, 5.41) is 24.8. The number of anilines is 1. The van der Waals surface area contributed by atoms with Crippen molar-refractivity contribution in [2.45, 2.75) is 6.10 Å². The summed E-state index contributed by atoms with van der Waals surface area (Å²) in [5.74, 6) is 0. The molecule has 1 atom stereocenters. The number of nitro groups is 1. The molecule has 110 valence electrons. The number of amides is 2. The molecular formula is C11H14ClN3O5. The van der Waals surface area contributed by atoms with Crippen molar-refractivity contribution >= 4 is 29.0 Å². The number of carbonyl (C=O) groups excluding carboxylic acids is 1. The second-order valence-corrected chi connectivity index (χ2v) is 4.27. The van der Waals surface area contributed by atoms with Crippen LogP contribution < -0.4 is 10.6 Å². The van der Waals surface area contributed by atoms with Gasteiger partial charge in [0.15, 0.2) is 0 Å². The van der Waals surface area contributed by atoms with Gasteiger partial charge in [0.25, 0.3) is 5.69 Å². The van der Waals surface area contributed by atoms with Gasteiger partial charge < -0.3 is 20.5 Å². The summed E-state index contributed by atoms with van der Waals surface area (Å²) in [6.45, 7) is 0.100. The highest BCUT2D eigenvalue weighted by atomic mass is 35.5. The molecule has 1 unspecified atom stereocenters. The van der Waals surface area contributed by atoms with Crippen molar-refractivity contribution in [3.63, 3.8) is 0 Å². The number of methoxy groups -OCH3 is 1. The normalized spacial score (nSPS) is 11.8. The SMILES string of the molecule is COCC(O)CNC(=O)Nc1ccc([N+](=O)[O-])cc1Cl. The van der Waals surface area contributed by atoms with E-state index in [9.17, 15) is 20.0 Å². The van der Waals surface area contributed by atoms with Crippen molar-refractivity contribution in [3.05, 3.63) is 33.3 Å². The van der Waals surface area contributed by atoms with Crippen LogP contribution in [0.4, 0.5) is 16.2 Å². The van der Waals surface area contributed by atoms with E-state index in [1.54, 1.807) is 0 Å². The third kappa shape index (κ3) is 5.00. The maximum absolute atomic E-state index is 11.5. The lowest BCUT2D eigenvalue weighted by atomic mass is 10.3. The molecule has 1 aromatic carbocycles. The number of aliphatic hydroxyl groups is 1. The van der Waals surface area contributed by atoms with Crippen LogP contribution in [0, 0.1) is 10.1 Å². The van der Waals surface area contributed by atoms with Gasteiger partial charge >= 0.3 is 6.03 Å². The number of non-ortho nitro benzene ring substituents is 1. The summed E-state index contributed by atoms with van der Waals surface area (Å²) >= 11 is 5.81. The van der Waals surface area contributed by atoms with Crippen molar-refractivity contribution in [3.8, 4) is 0 Å². The van der Waals surface area contributed by atoms with Gasteiger partial charge in [0.1, 0.15) is 0 Å². The number of urea groups is 1.